The summed E-state index contributed by atoms with van der Waals surface area (Å²) in [5.41, 5.74) is 1.94. The van der Waals surface area contributed by atoms with Gasteiger partial charge in [-0.2, -0.15) is 4.98 Å². The molecule has 0 spiro atoms. The summed E-state index contributed by atoms with van der Waals surface area (Å²) in [4.78, 5) is 5.25. The van der Waals surface area contributed by atoms with Crippen molar-refractivity contribution in [2.45, 2.75) is 25.5 Å². The topological polar surface area (TPSA) is 73.1 Å². The molecule has 0 saturated heterocycles. The molecule has 0 amide bonds. The molecule has 5 nitrogen and oxygen atoms in total. The molecule has 3 rings (SSSR count). The number of thiophene rings is 1. The summed E-state index contributed by atoms with van der Waals surface area (Å²) in [6, 6.07) is 11.4. The molecule has 0 fully saturated rings. The maximum atomic E-state index is 12.2. The lowest BCUT2D eigenvalue weighted by molar-refractivity contribution is 0.378. The van der Waals surface area contributed by atoms with Gasteiger partial charge < -0.3 is 4.52 Å². The lowest BCUT2D eigenvalue weighted by Gasteiger charge is -2.04. The second-order valence-corrected chi connectivity index (χ2v) is 8.80. The van der Waals surface area contributed by atoms with Crippen LogP contribution >= 0.6 is 11.3 Å². The first kappa shape index (κ1) is 16.9. The van der Waals surface area contributed by atoms with Crippen LogP contribution < -0.4 is 0 Å². The van der Waals surface area contributed by atoms with E-state index in [1.807, 2.05) is 48.7 Å². The Morgan fingerprint density at radius 2 is 1.96 bits per heavy atom. The molecule has 0 radical (unpaired) electrons. The number of hydrogen-bond donors (Lipinski definition) is 0. The van der Waals surface area contributed by atoms with Crippen LogP contribution in [0.2, 0.25) is 0 Å². The van der Waals surface area contributed by atoms with Gasteiger partial charge in [-0.1, -0.05) is 41.1 Å². The third kappa shape index (κ3) is 4.52. The van der Waals surface area contributed by atoms with Crippen molar-refractivity contribution in [2.24, 2.45) is 0 Å². The van der Waals surface area contributed by atoms with Gasteiger partial charge in [0.2, 0.25) is 11.7 Å². The summed E-state index contributed by atoms with van der Waals surface area (Å²) < 4.78 is 29.6. The molecule has 0 aliphatic rings. The zero-order valence-electron chi connectivity index (χ0n) is 13.3. The molecule has 3 aromatic rings. The van der Waals surface area contributed by atoms with Crippen molar-refractivity contribution in [3.05, 3.63) is 58.8 Å². The molecule has 0 N–H and O–H groups in total. The van der Waals surface area contributed by atoms with Crippen molar-refractivity contribution < 1.29 is 12.9 Å². The van der Waals surface area contributed by atoms with Gasteiger partial charge >= 0.3 is 0 Å². The fourth-order valence-electron chi connectivity index (χ4n) is 2.32. The van der Waals surface area contributed by atoms with E-state index in [0.717, 1.165) is 16.0 Å². The fraction of sp³-hybridized carbons (Fsp3) is 0.294. The van der Waals surface area contributed by atoms with Crippen LogP contribution in [-0.4, -0.2) is 24.3 Å². The molecule has 0 atom stereocenters. The molecule has 7 heteroatoms. The predicted molar refractivity (Wildman–Crippen MR) is 94.6 cm³/mol. The van der Waals surface area contributed by atoms with Gasteiger partial charge in [0.15, 0.2) is 9.84 Å². The minimum atomic E-state index is -3.14. The predicted octanol–water partition coefficient (Wildman–Crippen LogP) is 3.65. The molecule has 126 valence electrons. The number of sulfone groups is 1. The molecule has 0 saturated carbocycles. The quantitative estimate of drug-likeness (QED) is 0.641. The van der Waals surface area contributed by atoms with Crippen LogP contribution in [0.4, 0.5) is 0 Å². The molecule has 0 aliphatic heterocycles. The van der Waals surface area contributed by atoms with Crippen LogP contribution in [0, 0.1) is 6.92 Å². The molecule has 0 bridgehead atoms. The number of hydrogen-bond acceptors (Lipinski definition) is 6. The third-order valence-electron chi connectivity index (χ3n) is 3.56. The van der Waals surface area contributed by atoms with E-state index in [9.17, 15) is 8.42 Å². The van der Waals surface area contributed by atoms with Gasteiger partial charge in [-0.3, -0.25) is 0 Å². The number of aryl methyl sites for hydroxylation is 2. The van der Waals surface area contributed by atoms with E-state index in [4.69, 9.17) is 4.52 Å². The van der Waals surface area contributed by atoms with E-state index in [-0.39, 0.29) is 11.5 Å². The van der Waals surface area contributed by atoms with Gasteiger partial charge in [0.25, 0.3) is 0 Å². The molecule has 1 aromatic carbocycles. The zero-order chi connectivity index (χ0) is 17.0. The molecule has 0 aliphatic carbocycles. The Morgan fingerprint density at radius 1 is 1.17 bits per heavy atom. The van der Waals surface area contributed by atoms with Crippen molar-refractivity contribution in [3.8, 4) is 10.7 Å². The van der Waals surface area contributed by atoms with Crippen molar-refractivity contribution in [1.82, 2.24) is 10.1 Å². The molecule has 2 aromatic heterocycles. The van der Waals surface area contributed by atoms with Gasteiger partial charge in [-0.25, -0.2) is 8.42 Å². The first-order valence-electron chi connectivity index (χ1n) is 7.64. The van der Waals surface area contributed by atoms with E-state index in [0.29, 0.717) is 24.6 Å². The van der Waals surface area contributed by atoms with E-state index in [1.165, 1.54) is 11.3 Å². The van der Waals surface area contributed by atoms with Gasteiger partial charge in [0, 0.05) is 6.42 Å². The summed E-state index contributed by atoms with van der Waals surface area (Å²) in [5, 5.41) is 5.87. The van der Waals surface area contributed by atoms with E-state index in [2.05, 4.69) is 10.1 Å². The first-order valence-corrected chi connectivity index (χ1v) is 10.3. The Labute approximate surface area is 145 Å². The van der Waals surface area contributed by atoms with Crippen LogP contribution in [0.3, 0.4) is 0 Å². The lowest BCUT2D eigenvalue weighted by atomic mass is 10.2. The highest BCUT2D eigenvalue weighted by Crippen LogP contribution is 2.21. The SMILES string of the molecule is Cc1ccc(CS(=O)(=O)CCCc2nc(-c3cccs3)no2)cc1. The Morgan fingerprint density at radius 3 is 2.67 bits per heavy atom. The summed E-state index contributed by atoms with van der Waals surface area (Å²) in [6.45, 7) is 1.98. The molecule has 24 heavy (non-hydrogen) atoms. The highest BCUT2D eigenvalue weighted by Gasteiger charge is 2.14. The van der Waals surface area contributed by atoms with Gasteiger partial charge in [-0.05, 0) is 30.4 Å². The Kier molecular flexibility index (Phi) is 5.11. The summed E-state index contributed by atoms with van der Waals surface area (Å²) in [6.07, 6.45) is 0.936. The fourth-order valence-corrected chi connectivity index (χ4v) is 4.39. The normalized spacial score (nSPS) is 11.7. The third-order valence-corrected chi connectivity index (χ3v) is 6.11. The first-order chi connectivity index (χ1) is 11.5. The standard InChI is InChI=1S/C17H18N2O3S2/c1-13-6-8-14(9-7-13)12-24(20,21)11-3-5-16-18-17(19-22-16)15-4-2-10-23-15/h2,4,6-10H,3,5,11-12H2,1H3. The van der Waals surface area contributed by atoms with Crippen LogP contribution in [0.1, 0.15) is 23.4 Å². The van der Waals surface area contributed by atoms with Crippen molar-refractivity contribution in [1.29, 1.82) is 0 Å². The zero-order valence-corrected chi connectivity index (χ0v) is 14.9. The monoisotopic (exact) mass is 362 g/mol. The average molecular weight is 362 g/mol. The Bertz CT molecular complexity index is 882. The summed E-state index contributed by atoms with van der Waals surface area (Å²) in [5.74, 6) is 1.21. The average Bonchev–Trinajstić information content (AvgIpc) is 3.20. The largest absolute Gasteiger partial charge is 0.339 e. The number of rotatable bonds is 7. The highest BCUT2D eigenvalue weighted by atomic mass is 32.2. The molecular formula is C17H18N2O3S2. The Balaban J connectivity index is 1.53. The van der Waals surface area contributed by atoms with Crippen LogP contribution in [0.5, 0.6) is 0 Å². The second-order valence-electron chi connectivity index (χ2n) is 5.67. The Hall–Kier alpha value is -1.99. The summed E-state index contributed by atoms with van der Waals surface area (Å²) >= 11 is 1.54. The number of aromatic nitrogens is 2. The second kappa shape index (κ2) is 7.27. The van der Waals surface area contributed by atoms with Gasteiger partial charge in [0.1, 0.15) is 0 Å². The lowest BCUT2D eigenvalue weighted by Crippen LogP contribution is -2.10. The maximum Gasteiger partial charge on any atom is 0.227 e. The smallest absolute Gasteiger partial charge is 0.227 e. The van der Waals surface area contributed by atoms with Crippen molar-refractivity contribution >= 4 is 21.2 Å². The molecular weight excluding hydrogens is 344 g/mol. The van der Waals surface area contributed by atoms with E-state index >= 15 is 0 Å². The van der Waals surface area contributed by atoms with Gasteiger partial charge in [0.05, 0.1) is 16.4 Å². The minimum Gasteiger partial charge on any atom is -0.339 e. The van der Waals surface area contributed by atoms with Gasteiger partial charge in [-0.15, -0.1) is 11.3 Å². The van der Waals surface area contributed by atoms with Crippen LogP contribution in [0.15, 0.2) is 46.3 Å². The van der Waals surface area contributed by atoms with Crippen molar-refractivity contribution in [3.63, 3.8) is 0 Å². The number of nitrogens with zero attached hydrogens (tertiary/aromatic N) is 2. The highest BCUT2D eigenvalue weighted by molar-refractivity contribution is 7.90. The van der Waals surface area contributed by atoms with E-state index in [1.54, 1.807) is 0 Å². The summed E-state index contributed by atoms with van der Waals surface area (Å²) in [7, 11) is -3.14. The van der Waals surface area contributed by atoms with Crippen LogP contribution in [0.25, 0.3) is 10.7 Å². The maximum absolute atomic E-state index is 12.2. The van der Waals surface area contributed by atoms with E-state index < -0.39 is 9.84 Å². The number of benzene rings is 1. The molecule has 2 heterocycles. The minimum absolute atomic E-state index is 0.0670. The van der Waals surface area contributed by atoms with Crippen LogP contribution in [-0.2, 0) is 22.0 Å². The van der Waals surface area contributed by atoms with Crippen molar-refractivity contribution in [2.75, 3.05) is 5.75 Å². The molecule has 0 unspecified atom stereocenters.